The zero-order valence-electron chi connectivity index (χ0n) is 5.45. The number of hydrogen-bond acceptors (Lipinski definition) is 1. The summed E-state index contributed by atoms with van der Waals surface area (Å²) in [6.45, 7) is 1.98. The van der Waals surface area contributed by atoms with Crippen molar-refractivity contribution in [2.24, 2.45) is 0 Å². The molecule has 0 heterocycles. The number of hydrogen-bond donors (Lipinski definition) is 2. The molecule has 0 aromatic carbocycles. The molecule has 0 rings (SSSR count). The van der Waals surface area contributed by atoms with Crippen LogP contribution in [0.5, 0.6) is 0 Å². The van der Waals surface area contributed by atoms with E-state index in [1.807, 2.05) is 6.92 Å². The van der Waals surface area contributed by atoms with Gasteiger partial charge in [-0.2, -0.15) is 0 Å². The van der Waals surface area contributed by atoms with Crippen molar-refractivity contribution in [1.82, 2.24) is 0 Å². The number of rotatable bonds is 4. The molecular weight excluding hydrogens is 139 g/mol. The highest BCUT2D eigenvalue weighted by Crippen LogP contribution is 2.39. The molecule has 55 valence electrons. The van der Waals surface area contributed by atoms with Crippen molar-refractivity contribution in [2.75, 3.05) is 0 Å². The minimum absolute atomic E-state index is 0.515. The summed E-state index contributed by atoms with van der Waals surface area (Å²) in [4.78, 5) is 16.6. The first-order chi connectivity index (χ1) is 4.06. The fourth-order valence-corrected chi connectivity index (χ4v) is 0.983. The van der Waals surface area contributed by atoms with Crippen molar-refractivity contribution in [1.29, 1.82) is 0 Å². The number of unbranched alkanes of at least 4 members (excludes halogenated alkanes) is 2. The summed E-state index contributed by atoms with van der Waals surface area (Å²) in [5.74, 6) is 0. The second-order valence-electron chi connectivity index (χ2n) is 1.91. The topological polar surface area (TPSA) is 57.5 Å². The van der Waals surface area contributed by atoms with Crippen molar-refractivity contribution in [2.45, 2.75) is 26.2 Å². The van der Waals surface area contributed by atoms with Gasteiger partial charge in [0.15, 0.2) is 0 Å². The van der Waals surface area contributed by atoms with E-state index in [1.165, 1.54) is 0 Å². The standard InChI is InChI=1S/C5H12O3P/c1-2-3-4-5-9(6,7)8/h5H,2-4H2,1H3,(H2,6,7,8). The molecule has 0 unspecified atom stereocenters. The van der Waals surface area contributed by atoms with Crippen LogP contribution in [0.2, 0.25) is 0 Å². The molecule has 4 heteroatoms. The highest BCUT2D eigenvalue weighted by atomic mass is 31.2. The quantitative estimate of drug-likeness (QED) is 0.473. The van der Waals surface area contributed by atoms with E-state index < -0.39 is 7.60 Å². The third kappa shape index (κ3) is 8.15. The summed E-state index contributed by atoms with van der Waals surface area (Å²) in [6, 6.07) is 0. The molecule has 3 nitrogen and oxygen atoms in total. The van der Waals surface area contributed by atoms with Crippen molar-refractivity contribution in [3.05, 3.63) is 6.16 Å². The zero-order chi connectivity index (χ0) is 7.33. The van der Waals surface area contributed by atoms with E-state index in [0.29, 0.717) is 6.42 Å². The van der Waals surface area contributed by atoms with Crippen LogP contribution < -0.4 is 0 Å². The lowest BCUT2D eigenvalue weighted by atomic mass is 10.3. The first-order valence-electron chi connectivity index (χ1n) is 2.96. The zero-order valence-corrected chi connectivity index (χ0v) is 6.34. The maximum absolute atomic E-state index is 10.1. The Bertz CT molecular complexity index is 107. The maximum atomic E-state index is 10.1. The molecule has 0 saturated carbocycles. The Morgan fingerprint density at radius 2 is 2.11 bits per heavy atom. The Labute approximate surface area is 55.3 Å². The smallest absolute Gasteiger partial charge is 0.324 e. The summed E-state index contributed by atoms with van der Waals surface area (Å²) >= 11 is 0. The minimum Gasteiger partial charge on any atom is -0.324 e. The molecule has 0 spiro atoms. The Morgan fingerprint density at radius 3 is 2.44 bits per heavy atom. The third-order valence-corrected chi connectivity index (χ3v) is 1.66. The van der Waals surface area contributed by atoms with Gasteiger partial charge in [-0.25, -0.2) is 0 Å². The van der Waals surface area contributed by atoms with Crippen LogP contribution in [0.15, 0.2) is 0 Å². The molecule has 0 aliphatic carbocycles. The van der Waals surface area contributed by atoms with E-state index in [1.54, 1.807) is 0 Å². The molecule has 0 fully saturated rings. The second kappa shape index (κ2) is 4.04. The fourth-order valence-electron chi connectivity index (χ4n) is 0.464. The van der Waals surface area contributed by atoms with Crippen molar-refractivity contribution >= 4 is 7.60 Å². The van der Waals surface area contributed by atoms with E-state index in [4.69, 9.17) is 9.79 Å². The van der Waals surface area contributed by atoms with Crippen LogP contribution in [0.1, 0.15) is 26.2 Å². The largest absolute Gasteiger partial charge is 0.329 e. The van der Waals surface area contributed by atoms with Gasteiger partial charge in [-0.3, -0.25) is 4.57 Å². The minimum atomic E-state index is -3.82. The highest BCUT2D eigenvalue weighted by molar-refractivity contribution is 7.54. The Kier molecular flexibility index (Phi) is 4.11. The van der Waals surface area contributed by atoms with Crippen molar-refractivity contribution in [3.8, 4) is 0 Å². The van der Waals surface area contributed by atoms with Crippen LogP contribution in [0, 0.1) is 6.16 Å². The van der Waals surface area contributed by atoms with Gasteiger partial charge < -0.3 is 9.79 Å². The monoisotopic (exact) mass is 151 g/mol. The van der Waals surface area contributed by atoms with Gasteiger partial charge in [0.25, 0.3) is 0 Å². The molecular formula is C5H12O3P. The Balaban J connectivity index is 3.18. The van der Waals surface area contributed by atoms with Crippen molar-refractivity contribution in [3.63, 3.8) is 0 Å². The molecule has 0 aromatic heterocycles. The van der Waals surface area contributed by atoms with Crippen LogP contribution in [-0.2, 0) is 4.57 Å². The summed E-state index contributed by atoms with van der Waals surface area (Å²) < 4.78 is 10.1. The van der Waals surface area contributed by atoms with E-state index in [0.717, 1.165) is 19.0 Å². The van der Waals surface area contributed by atoms with E-state index in [9.17, 15) is 4.57 Å². The predicted octanol–water partition coefficient (Wildman–Crippen LogP) is 1.52. The van der Waals surface area contributed by atoms with Gasteiger partial charge in [0.1, 0.15) is 0 Å². The summed E-state index contributed by atoms with van der Waals surface area (Å²) in [6.07, 6.45) is 3.40. The van der Waals surface area contributed by atoms with Gasteiger partial charge in [-0.15, -0.1) is 0 Å². The summed E-state index contributed by atoms with van der Waals surface area (Å²) in [5.41, 5.74) is 0. The van der Waals surface area contributed by atoms with Crippen LogP contribution in [0.4, 0.5) is 0 Å². The molecule has 0 aliphatic heterocycles. The fraction of sp³-hybridized carbons (Fsp3) is 0.800. The van der Waals surface area contributed by atoms with Gasteiger partial charge >= 0.3 is 7.60 Å². The molecule has 0 aliphatic rings. The van der Waals surface area contributed by atoms with Crippen LogP contribution in [-0.4, -0.2) is 9.79 Å². The van der Waals surface area contributed by atoms with E-state index >= 15 is 0 Å². The molecule has 0 atom stereocenters. The van der Waals surface area contributed by atoms with Crippen molar-refractivity contribution < 1.29 is 14.4 Å². The van der Waals surface area contributed by atoms with E-state index in [2.05, 4.69) is 0 Å². The second-order valence-corrected chi connectivity index (χ2v) is 3.46. The molecule has 0 aromatic rings. The molecule has 1 radical (unpaired) electrons. The Morgan fingerprint density at radius 1 is 1.56 bits per heavy atom. The Hall–Kier alpha value is 0.150. The average molecular weight is 151 g/mol. The SMILES string of the molecule is CCCC[CH]P(=O)(O)O. The molecule has 0 bridgehead atoms. The van der Waals surface area contributed by atoms with Gasteiger partial charge in [-0.1, -0.05) is 19.8 Å². The molecule has 0 amide bonds. The van der Waals surface area contributed by atoms with Gasteiger partial charge in [0.05, 0.1) is 6.16 Å². The van der Waals surface area contributed by atoms with Crippen LogP contribution in [0.25, 0.3) is 0 Å². The lowest BCUT2D eigenvalue weighted by Gasteiger charge is -1.99. The molecule has 0 saturated heterocycles. The lowest BCUT2D eigenvalue weighted by molar-refractivity contribution is 0.379. The first kappa shape index (κ1) is 9.15. The molecule has 2 N–H and O–H groups in total. The molecule has 9 heavy (non-hydrogen) atoms. The third-order valence-electron chi connectivity index (χ3n) is 0.925. The van der Waals surface area contributed by atoms with E-state index in [-0.39, 0.29) is 0 Å². The first-order valence-corrected chi connectivity index (χ1v) is 4.64. The van der Waals surface area contributed by atoms with Gasteiger partial charge in [-0.05, 0) is 6.42 Å². The average Bonchev–Trinajstić information content (AvgIpc) is 1.63. The summed E-state index contributed by atoms with van der Waals surface area (Å²) in [7, 11) is -3.82. The lowest BCUT2D eigenvalue weighted by Crippen LogP contribution is -1.79. The highest BCUT2D eigenvalue weighted by Gasteiger charge is 2.10. The van der Waals surface area contributed by atoms with Gasteiger partial charge in [0.2, 0.25) is 0 Å². The normalized spacial score (nSPS) is 11.9. The predicted molar refractivity (Wildman–Crippen MR) is 35.9 cm³/mol. The van der Waals surface area contributed by atoms with Gasteiger partial charge in [0, 0.05) is 0 Å². The summed E-state index contributed by atoms with van der Waals surface area (Å²) in [5, 5.41) is 0. The maximum Gasteiger partial charge on any atom is 0.329 e. The van der Waals surface area contributed by atoms with Crippen LogP contribution in [0.3, 0.4) is 0 Å². The van der Waals surface area contributed by atoms with Crippen LogP contribution >= 0.6 is 7.60 Å².